The lowest BCUT2D eigenvalue weighted by atomic mass is 9.90. The molecule has 1 aliphatic heterocycles. The van der Waals surface area contributed by atoms with E-state index in [1.807, 2.05) is 60.7 Å². The van der Waals surface area contributed by atoms with Gasteiger partial charge in [0.2, 0.25) is 0 Å². The first kappa shape index (κ1) is 23.6. The topological polar surface area (TPSA) is 77.4 Å². The molecule has 3 rings (SSSR count). The van der Waals surface area contributed by atoms with Crippen LogP contribution in [-0.2, 0) is 32.2 Å². The number of hydrogen-bond acceptors (Lipinski definition) is 6. The molecule has 0 bridgehead atoms. The molecule has 1 aliphatic rings. The van der Waals surface area contributed by atoms with Gasteiger partial charge in [-0.1, -0.05) is 66.7 Å². The minimum atomic E-state index is -1.17. The molecule has 0 unspecified atom stereocenters. The Hall–Kier alpha value is -2.06. The molecule has 168 valence electrons. The summed E-state index contributed by atoms with van der Waals surface area (Å²) in [7, 11) is 0. The maximum atomic E-state index is 10.6. The minimum Gasteiger partial charge on any atom is -0.394 e. The second-order valence-corrected chi connectivity index (χ2v) is 8.19. The lowest BCUT2D eigenvalue weighted by Gasteiger charge is -2.35. The quantitative estimate of drug-likeness (QED) is 0.535. The van der Waals surface area contributed by atoms with E-state index >= 15 is 0 Å². The first-order valence-corrected chi connectivity index (χ1v) is 10.5. The molecule has 1 saturated heterocycles. The molecular weight excluding hydrogens is 396 g/mol. The summed E-state index contributed by atoms with van der Waals surface area (Å²) in [5.41, 5.74) is 0.916. The van der Waals surface area contributed by atoms with Crippen molar-refractivity contribution in [3.05, 3.63) is 84.4 Å². The number of aliphatic hydroxyl groups is 2. The van der Waals surface area contributed by atoms with Crippen molar-refractivity contribution < 1.29 is 29.2 Å². The van der Waals surface area contributed by atoms with Gasteiger partial charge in [0.25, 0.3) is 0 Å². The molecule has 2 aromatic carbocycles. The zero-order valence-corrected chi connectivity index (χ0v) is 18.1. The Labute approximate surface area is 184 Å². The van der Waals surface area contributed by atoms with E-state index in [4.69, 9.17) is 18.9 Å². The highest BCUT2D eigenvalue weighted by Crippen LogP contribution is 2.41. The predicted molar refractivity (Wildman–Crippen MR) is 117 cm³/mol. The van der Waals surface area contributed by atoms with Crippen molar-refractivity contribution in [2.75, 3.05) is 13.2 Å². The van der Waals surface area contributed by atoms with Crippen molar-refractivity contribution in [2.24, 2.45) is 0 Å². The average molecular weight is 429 g/mol. The Balaban J connectivity index is 1.78. The van der Waals surface area contributed by atoms with Crippen LogP contribution in [0.5, 0.6) is 0 Å². The molecule has 6 nitrogen and oxygen atoms in total. The van der Waals surface area contributed by atoms with Gasteiger partial charge in [-0.2, -0.15) is 0 Å². The molecule has 4 atom stereocenters. The third-order valence-electron chi connectivity index (χ3n) is 5.26. The number of benzene rings is 2. The second-order valence-electron chi connectivity index (χ2n) is 8.19. The number of hydrogen-bond donors (Lipinski definition) is 2. The van der Waals surface area contributed by atoms with E-state index in [9.17, 15) is 10.2 Å². The molecule has 2 aromatic rings. The van der Waals surface area contributed by atoms with Crippen LogP contribution in [0.3, 0.4) is 0 Å². The Morgan fingerprint density at radius 2 is 1.61 bits per heavy atom. The standard InChI is InChI=1S/C25H32O6/c1-4-25(18-28-16-19-11-7-5-8-12-19)23(30-24(2,3)31-25)22(21(27)15-26)29-17-20-13-9-6-10-14-20/h4-14,21-23,26-27H,1,15-18H2,2-3H3/t21-,22-,23+,25+/m1/s1. The third-order valence-corrected chi connectivity index (χ3v) is 5.26. The van der Waals surface area contributed by atoms with Gasteiger partial charge in [0.05, 0.1) is 26.4 Å². The average Bonchev–Trinajstić information content (AvgIpc) is 3.06. The lowest BCUT2D eigenvalue weighted by molar-refractivity contribution is -0.177. The molecule has 0 aromatic heterocycles. The summed E-state index contributed by atoms with van der Waals surface area (Å²) < 4.78 is 24.4. The van der Waals surface area contributed by atoms with Crippen molar-refractivity contribution >= 4 is 0 Å². The predicted octanol–water partition coefficient (Wildman–Crippen LogP) is 3.22. The van der Waals surface area contributed by atoms with Crippen LogP contribution >= 0.6 is 0 Å². The van der Waals surface area contributed by atoms with Gasteiger partial charge < -0.3 is 29.2 Å². The fourth-order valence-electron chi connectivity index (χ4n) is 3.79. The number of rotatable bonds is 11. The molecule has 0 spiro atoms. The molecule has 1 fully saturated rings. The summed E-state index contributed by atoms with van der Waals surface area (Å²) in [5.74, 6) is -0.946. The van der Waals surface area contributed by atoms with Gasteiger partial charge in [0.15, 0.2) is 5.79 Å². The van der Waals surface area contributed by atoms with Gasteiger partial charge in [-0.15, -0.1) is 6.58 Å². The monoisotopic (exact) mass is 428 g/mol. The van der Waals surface area contributed by atoms with Crippen LogP contribution in [0.4, 0.5) is 0 Å². The van der Waals surface area contributed by atoms with E-state index in [0.29, 0.717) is 6.61 Å². The van der Waals surface area contributed by atoms with E-state index < -0.39 is 36.3 Å². The molecule has 0 saturated carbocycles. The number of ether oxygens (including phenoxy) is 4. The fraction of sp³-hybridized carbons (Fsp3) is 0.440. The molecule has 31 heavy (non-hydrogen) atoms. The molecule has 1 heterocycles. The maximum absolute atomic E-state index is 10.6. The highest BCUT2D eigenvalue weighted by Gasteiger charge is 2.56. The van der Waals surface area contributed by atoms with Gasteiger partial charge in [-0.3, -0.25) is 0 Å². The molecule has 0 radical (unpaired) electrons. The van der Waals surface area contributed by atoms with Crippen molar-refractivity contribution in [3.63, 3.8) is 0 Å². The first-order valence-electron chi connectivity index (χ1n) is 10.5. The minimum absolute atomic E-state index is 0.156. The lowest BCUT2D eigenvalue weighted by Crippen LogP contribution is -2.54. The second kappa shape index (κ2) is 10.5. The Kier molecular flexibility index (Phi) is 8.00. The maximum Gasteiger partial charge on any atom is 0.164 e. The largest absolute Gasteiger partial charge is 0.394 e. The Morgan fingerprint density at radius 1 is 1.03 bits per heavy atom. The molecule has 2 N–H and O–H groups in total. The Bertz CT molecular complexity index is 809. The highest BCUT2D eigenvalue weighted by atomic mass is 16.8. The summed E-state index contributed by atoms with van der Waals surface area (Å²) in [5, 5.41) is 20.2. The van der Waals surface area contributed by atoms with Crippen LogP contribution in [0.25, 0.3) is 0 Å². The van der Waals surface area contributed by atoms with E-state index in [0.717, 1.165) is 11.1 Å². The van der Waals surface area contributed by atoms with E-state index in [2.05, 4.69) is 6.58 Å². The number of aliphatic hydroxyl groups excluding tert-OH is 2. The van der Waals surface area contributed by atoms with Gasteiger partial charge >= 0.3 is 0 Å². The van der Waals surface area contributed by atoms with Crippen LogP contribution in [0.15, 0.2) is 73.3 Å². The zero-order valence-electron chi connectivity index (χ0n) is 18.1. The summed E-state index contributed by atoms with van der Waals surface area (Å²) in [6.45, 7) is 7.87. The smallest absolute Gasteiger partial charge is 0.164 e. The van der Waals surface area contributed by atoms with Gasteiger partial charge in [0.1, 0.15) is 23.9 Å². The van der Waals surface area contributed by atoms with Gasteiger partial charge in [0, 0.05) is 0 Å². The van der Waals surface area contributed by atoms with Crippen molar-refractivity contribution in [1.29, 1.82) is 0 Å². The van der Waals surface area contributed by atoms with Gasteiger partial charge in [-0.05, 0) is 25.0 Å². The molecular formula is C25H32O6. The van der Waals surface area contributed by atoms with Crippen LogP contribution < -0.4 is 0 Å². The van der Waals surface area contributed by atoms with E-state index in [1.54, 1.807) is 19.9 Å². The molecule has 6 heteroatoms. The summed E-state index contributed by atoms with van der Waals surface area (Å²) in [6.07, 6.45) is -1.12. The van der Waals surface area contributed by atoms with Crippen molar-refractivity contribution in [1.82, 2.24) is 0 Å². The summed E-state index contributed by atoms with van der Waals surface area (Å²) >= 11 is 0. The third kappa shape index (κ3) is 6.01. The normalized spacial score (nSPS) is 24.6. The SMILES string of the molecule is C=C[C@@]1(COCc2ccccc2)OC(C)(C)O[C@H]1[C@H](OCc1ccccc1)[C@H](O)CO. The first-order chi connectivity index (χ1) is 14.9. The van der Waals surface area contributed by atoms with Crippen LogP contribution in [0.2, 0.25) is 0 Å². The van der Waals surface area contributed by atoms with Gasteiger partial charge in [-0.25, -0.2) is 0 Å². The van der Waals surface area contributed by atoms with Crippen molar-refractivity contribution in [2.45, 2.75) is 56.8 Å². The zero-order chi connectivity index (χ0) is 22.3. The van der Waals surface area contributed by atoms with Crippen LogP contribution in [-0.4, -0.2) is 53.1 Å². The van der Waals surface area contributed by atoms with E-state index in [-0.39, 0.29) is 13.2 Å². The summed E-state index contributed by atoms with van der Waals surface area (Å²) in [6, 6.07) is 19.4. The fourth-order valence-corrected chi connectivity index (χ4v) is 3.79. The van der Waals surface area contributed by atoms with Crippen LogP contribution in [0.1, 0.15) is 25.0 Å². The summed E-state index contributed by atoms with van der Waals surface area (Å²) in [4.78, 5) is 0. The highest BCUT2D eigenvalue weighted by molar-refractivity contribution is 5.16. The van der Waals surface area contributed by atoms with Crippen molar-refractivity contribution in [3.8, 4) is 0 Å². The molecule has 0 aliphatic carbocycles. The molecule has 0 amide bonds. The Morgan fingerprint density at radius 3 is 2.16 bits per heavy atom. The van der Waals surface area contributed by atoms with E-state index in [1.165, 1.54) is 0 Å². The van der Waals surface area contributed by atoms with Crippen LogP contribution in [0, 0.1) is 0 Å².